The van der Waals surface area contributed by atoms with Crippen molar-refractivity contribution in [2.45, 2.75) is 20.8 Å². The molecule has 1 N–H and O–H groups in total. The molecule has 0 aliphatic rings. The number of phenols is 1. The van der Waals surface area contributed by atoms with Crippen LogP contribution in [0.2, 0.25) is 0 Å². The molecule has 0 unspecified atom stereocenters. The van der Waals surface area contributed by atoms with Crippen LogP contribution in [0.1, 0.15) is 16.7 Å². The predicted molar refractivity (Wildman–Crippen MR) is 165 cm³/mol. The number of aromatic hydroxyl groups is 1. The molecule has 2 heterocycles. The summed E-state index contributed by atoms with van der Waals surface area (Å²) < 4.78 is 6.17. The Morgan fingerprint density at radius 2 is 1.36 bits per heavy atom. The number of aromatic nitrogens is 2. The van der Waals surface area contributed by atoms with Gasteiger partial charge in [0.2, 0.25) is 5.88 Å². The van der Waals surface area contributed by atoms with Crippen LogP contribution in [0.25, 0.3) is 44.8 Å². The average Bonchev–Trinajstić information content (AvgIpc) is 2.97. The number of benzene rings is 4. The minimum Gasteiger partial charge on any atom is -0.507 e. The number of rotatable bonds is 6. The van der Waals surface area contributed by atoms with Gasteiger partial charge in [0.15, 0.2) is 0 Å². The molecule has 0 bridgehead atoms. The van der Waals surface area contributed by atoms with Crippen LogP contribution in [0, 0.1) is 26.8 Å². The maximum Gasteiger partial charge on any atom is 0.217 e. The van der Waals surface area contributed by atoms with Crippen LogP contribution in [-0.4, -0.2) is 15.1 Å². The van der Waals surface area contributed by atoms with Gasteiger partial charge in [-0.2, -0.15) is 0 Å². The van der Waals surface area contributed by atoms with E-state index in [0.717, 1.165) is 33.5 Å². The van der Waals surface area contributed by atoms with E-state index in [1.54, 1.807) is 12.3 Å². The topological polar surface area (TPSA) is 55.2 Å². The molecule has 0 aliphatic carbocycles. The van der Waals surface area contributed by atoms with Crippen LogP contribution in [0.15, 0.2) is 115 Å². The molecule has 5 heteroatoms. The summed E-state index contributed by atoms with van der Waals surface area (Å²) in [7, 11) is 0. The van der Waals surface area contributed by atoms with Gasteiger partial charge in [0.1, 0.15) is 5.75 Å². The Labute approximate surface area is 261 Å². The van der Waals surface area contributed by atoms with Crippen molar-refractivity contribution in [1.82, 2.24) is 9.97 Å². The molecule has 2 aromatic heterocycles. The molecule has 6 rings (SSSR count). The molecule has 0 saturated heterocycles. The summed E-state index contributed by atoms with van der Waals surface area (Å²) >= 11 is 0. The van der Waals surface area contributed by atoms with E-state index in [0.29, 0.717) is 22.9 Å². The van der Waals surface area contributed by atoms with Gasteiger partial charge in [-0.15, -0.1) is 11.6 Å². The standard InChI is InChI=1S/C37H29N2O2.Pt/c1-24-17-25(2)37(26(3)18-24)30-22-33(39-34(23-30)32-13-7-8-14-35(32)40)29-19-28(27-11-5-4-6-12-27)20-31(21-29)41-36-15-9-10-16-38-36;/h4-20,22-23,40H,1-3H3;/q-1;. The molecule has 4 aromatic carbocycles. The van der Waals surface area contributed by atoms with Crippen molar-refractivity contribution in [2.24, 2.45) is 0 Å². The molecule has 0 aliphatic heterocycles. The summed E-state index contributed by atoms with van der Waals surface area (Å²) in [5, 5.41) is 10.8. The number of ether oxygens (including phenoxy) is 1. The van der Waals surface area contributed by atoms with Crippen molar-refractivity contribution in [3.63, 3.8) is 0 Å². The van der Waals surface area contributed by atoms with E-state index in [4.69, 9.17) is 9.72 Å². The van der Waals surface area contributed by atoms with Gasteiger partial charge in [0, 0.05) is 44.6 Å². The summed E-state index contributed by atoms with van der Waals surface area (Å²) in [6.45, 7) is 6.38. The van der Waals surface area contributed by atoms with E-state index in [1.807, 2.05) is 60.7 Å². The number of para-hydroxylation sites is 1. The zero-order valence-electron chi connectivity index (χ0n) is 23.5. The van der Waals surface area contributed by atoms with Crippen LogP contribution < -0.4 is 4.74 Å². The summed E-state index contributed by atoms with van der Waals surface area (Å²) in [5.74, 6) is 1.21. The van der Waals surface area contributed by atoms with Gasteiger partial charge in [-0.3, -0.25) is 4.98 Å². The fraction of sp³-hybridized carbons (Fsp3) is 0.0811. The number of phenolic OH excluding ortho intramolecular Hbond substituents is 1. The quantitative estimate of drug-likeness (QED) is 0.174. The first kappa shape index (κ1) is 29.0. The fourth-order valence-electron chi connectivity index (χ4n) is 5.33. The minimum absolute atomic E-state index is 0. The second-order valence-corrected chi connectivity index (χ2v) is 10.2. The zero-order chi connectivity index (χ0) is 28.3. The van der Waals surface area contributed by atoms with Crippen molar-refractivity contribution in [1.29, 1.82) is 0 Å². The second kappa shape index (κ2) is 12.5. The molecule has 0 saturated carbocycles. The van der Waals surface area contributed by atoms with E-state index >= 15 is 0 Å². The third kappa shape index (κ3) is 6.20. The second-order valence-electron chi connectivity index (χ2n) is 10.2. The van der Waals surface area contributed by atoms with Gasteiger partial charge in [-0.05, 0) is 78.5 Å². The zero-order valence-corrected chi connectivity index (χ0v) is 25.8. The third-order valence-corrected chi connectivity index (χ3v) is 7.05. The first-order valence-electron chi connectivity index (χ1n) is 13.6. The fourth-order valence-corrected chi connectivity index (χ4v) is 5.33. The van der Waals surface area contributed by atoms with Crippen LogP contribution in [-0.2, 0) is 21.1 Å². The van der Waals surface area contributed by atoms with Crippen LogP contribution in [0.5, 0.6) is 17.4 Å². The third-order valence-electron chi connectivity index (χ3n) is 7.05. The Morgan fingerprint density at radius 1 is 0.667 bits per heavy atom. The maximum absolute atomic E-state index is 10.8. The summed E-state index contributed by atoms with van der Waals surface area (Å²) in [5.41, 5.74) is 10.6. The Hall–Kier alpha value is -4.53. The SMILES string of the molecule is Cc1cc(C)c(-c2cc(-c3[c-]c(Oc4ccccn4)cc(-c4ccccc4)c3)nc(-c3ccccc3O)c2)c(C)c1.[Pt]. The molecule has 210 valence electrons. The van der Waals surface area contributed by atoms with Gasteiger partial charge in [-0.25, -0.2) is 4.98 Å². The summed E-state index contributed by atoms with van der Waals surface area (Å²) in [6, 6.07) is 39.1. The summed E-state index contributed by atoms with van der Waals surface area (Å²) in [6.07, 6.45) is 1.70. The Kier molecular flexibility index (Phi) is 8.66. The summed E-state index contributed by atoms with van der Waals surface area (Å²) in [4.78, 5) is 9.39. The van der Waals surface area contributed by atoms with Gasteiger partial charge < -0.3 is 9.84 Å². The van der Waals surface area contributed by atoms with E-state index in [9.17, 15) is 5.11 Å². The van der Waals surface area contributed by atoms with Crippen molar-refractivity contribution < 1.29 is 30.9 Å². The molecule has 0 radical (unpaired) electrons. The van der Waals surface area contributed by atoms with E-state index < -0.39 is 0 Å². The van der Waals surface area contributed by atoms with E-state index in [1.165, 1.54) is 16.7 Å². The number of pyridine rings is 2. The Bertz CT molecular complexity index is 1830. The Balaban J connectivity index is 0.00000353. The van der Waals surface area contributed by atoms with Gasteiger partial charge >= 0.3 is 0 Å². The monoisotopic (exact) mass is 728 g/mol. The molecule has 4 nitrogen and oxygen atoms in total. The number of hydrogen-bond acceptors (Lipinski definition) is 4. The number of nitrogens with zero attached hydrogens (tertiary/aromatic N) is 2. The maximum atomic E-state index is 10.8. The largest absolute Gasteiger partial charge is 0.507 e. The number of hydrogen-bond donors (Lipinski definition) is 1. The van der Waals surface area contributed by atoms with Gasteiger partial charge in [0.05, 0.1) is 5.69 Å². The molecule has 42 heavy (non-hydrogen) atoms. The first-order chi connectivity index (χ1) is 19.9. The van der Waals surface area contributed by atoms with Crippen LogP contribution in [0.3, 0.4) is 0 Å². The van der Waals surface area contributed by atoms with E-state index in [2.05, 4.69) is 74.3 Å². The van der Waals surface area contributed by atoms with Crippen LogP contribution in [0.4, 0.5) is 0 Å². The average molecular weight is 729 g/mol. The molecule has 0 spiro atoms. The van der Waals surface area contributed by atoms with Gasteiger partial charge in [0.25, 0.3) is 0 Å². The van der Waals surface area contributed by atoms with Crippen molar-refractivity contribution >= 4 is 0 Å². The molecular formula is C37H29N2O2Pt-. The van der Waals surface area contributed by atoms with Crippen molar-refractivity contribution in [3.05, 3.63) is 138 Å². The smallest absolute Gasteiger partial charge is 0.217 e. The van der Waals surface area contributed by atoms with Crippen LogP contribution >= 0.6 is 0 Å². The molecule has 0 amide bonds. The normalized spacial score (nSPS) is 10.6. The first-order valence-corrected chi connectivity index (χ1v) is 13.6. The Morgan fingerprint density at radius 3 is 2.07 bits per heavy atom. The van der Waals surface area contributed by atoms with E-state index in [-0.39, 0.29) is 26.8 Å². The molecule has 0 atom stereocenters. The van der Waals surface area contributed by atoms with Crippen molar-refractivity contribution in [2.75, 3.05) is 0 Å². The molecule has 0 fully saturated rings. The molecule has 6 aromatic rings. The van der Waals surface area contributed by atoms with Gasteiger partial charge in [-0.1, -0.05) is 90.0 Å². The number of aryl methyl sites for hydroxylation is 3. The predicted octanol–water partition coefficient (Wildman–Crippen LogP) is 9.37. The minimum atomic E-state index is 0. The molecular weight excluding hydrogens is 699 g/mol. The van der Waals surface area contributed by atoms with Crippen molar-refractivity contribution in [3.8, 4) is 62.1 Å².